The van der Waals surface area contributed by atoms with E-state index in [1.807, 2.05) is 12.3 Å². The van der Waals surface area contributed by atoms with Gasteiger partial charge in [0.25, 0.3) is 0 Å². The Hall–Kier alpha value is -3.80. The van der Waals surface area contributed by atoms with Gasteiger partial charge in [-0.2, -0.15) is 0 Å². The van der Waals surface area contributed by atoms with Gasteiger partial charge in [0.2, 0.25) is 0 Å². The molecule has 0 amide bonds. The first kappa shape index (κ1) is 30.4. The molecule has 1 saturated heterocycles. The number of sulfone groups is 1. The number of halogens is 1. The van der Waals surface area contributed by atoms with Crippen molar-refractivity contribution in [2.45, 2.75) is 11.4 Å². The van der Waals surface area contributed by atoms with Crippen LogP contribution in [0.15, 0.2) is 84.4 Å². The van der Waals surface area contributed by atoms with Crippen LogP contribution in [0.5, 0.6) is 0 Å². The van der Waals surface area contributed by atoms with Crippen LogP contribution in [0, 0.1) is 5.82 Å². The number of fused-ring (bicyclic) bond motifs is 1. The molecule has 0 unspecified atom stereocenters. The van der Waals surface area contributed by atoms with Gasteiger partial charge in [-0.1, -0.05) is 24.3 Å². The maximum Gasteiger partial charge on any atom is 0.328 e. The molecular formula is C27H32FN3O6S. The van der Waals surface area contributed by atoms with E-state index in [0.29, 0.717) is 17.0 Å². The van der Waals surface area contributed by atoms with Gasteiger partial charge in [0.1, 0.15) is 5.82 Å². The lowest BCUT2D eigenvalue weighted by molar-refractivity contribution is -0.134. The summed E-state index contributed by atoms with van der Waals surface area (Å²) in [7, 11) is -1.15. The minimum absolute atomic E-state index is 0.0310. The molecule has 11 heteroatoms. The zero-order valence-corrected chi connectivity index (χ0v) is 21.9. The molecule has 0 radical (unpaired) electrons. The van der Waals surface area contributed by atoms with E-state index in [2.05, 4.69) is 28.4 Å². The van der Waals surface area contributed by atoms with Crippen LogP contribution in [0.2, 0.25) is 0 Å². The Balaban J connectivity index is 0.000000276. The molecule has 1 aliphatic rings. The first-order valence-corrected chi connectivity index (χ1v) is 13.4. The van der Waals surface area contributed by atoms with Crippen LogP contribution in [-0.2, 0) is 26.0 Å². The molecule has 0 spiro atoms. The molecule has 0 atom stereocenters. The number of benzene rings is 2. The lowest BCUT2D eigenvalue weighted by Crippen LogP contribution is -2.43. The maximum absolute atomic E-state index is 12.2. The average molecular weight is 546 g/mol. The van der Waals surface area contributed by atoms with Crippen LogP contribution < -0.4 is 0 Å². The zero-order chi connectivity index (χ0) is 28.1. The van der Waals surface area contributed by atoms with E-state index in [4.69, 9.17) is 10.2 Å². The molecule has 4 rings (SSSR count). The van der Waals surface area contributed by atoms with Crippen LogP contribution in [0.25, 0.3) is 10.9 Å². The number of carbonyl (C=O) groups is 2. The fourth-order valence-electron chi connectivity index (χ4n) is 3.54. The molecule has 1 aromatic heterocycles. The van der Waals surface area contributed by atoms with Gasteiger partial charge < -0.3 is 20.1 Å². The van der Waals surface area contributed by atoms with Crippen LogP contribution in [0.1, 0.15) is 5.56 Å². The molecule has 3 aromatic rings. The highest BCUT2D eigenvalue weighted by Crippen LogP contribution is 2.24. The van der Waals surface area contributed by atoms with Crippen LogP contribution >= 0.6 is 0 Å². The third-order valence-corrected chi connectivity index (χ3v) is 7.17. The topological polar surface area (TPSA) is 131 Å². The van der Waals surface area contributed by atoms with Crippen molar-refractivity contribution >= 4 is 32.7 Å². The van der Waals surface area contributed by atoms with Gasteiger partial charge in [-0.05, 0) is 42.9 Å². The Morgan fingerprint density at radius 1 is 1.03 bits per heavy atom. The van der Waals surface area contributed by atoms with Crippen molar-refractivity contribution in [1.82, 2.24) is 14.8 Å². The Kier molecular flexibility index (Phi) is 11.9. The SMILES string of the molecule is C=CCS(=O)(=O)c1ccc2[nH]cc(CN3CCN(C)CC3)c2c1.Fc1ccccc1.O=C(O)/C=C\C(=O)O. The molecule has 9 nitrogen and oxygen atoms in total. The van der Waals surface area contributed by atoms with E-state index in [9.17, 15) is 22.4 Å². The number of carboxylic acids is 2. The molecule has 1 fully saturated rings. The largest absolute Gasteiger partial charge is 0.478 e. The van der Waals surface area contributed by atoms with Crippen molar-refractivity contribution in [1.29, 1.82) is 0 Å². The Morgan fingerprint density at radius 2 is 1.63 bits per heavy atom. The Labute approximate surface area is 221 Å². The number of aromatic amines is 1. The first-order chi connectivity index (χ1) is 18.0. The summed E-state index contributed by atoms with van der Waals surface area (Å²) in [5.74, 6) is -2.72. The first-order valence-electron chi connectivity index (χ1n) is 11.7. The summed E-state index contributed by atoms with van der Waals surface area (Å²) < 4.78 is 36.4. The number of H-pyrrole nitrogens is 1. The second kappa shape index (κ2) is 14.8. The molecule has 38 heavy (non-hydrogen) atoms. The predicted octanol–water partition coefficient (Wildman–Crippen LogP) is 3.41. The molecule has 1 aliphatic heterocycles. The number of hydrogen-bond donors (Lipinski definition) is 3. The van der Waals surface area contributed by atoms with Gasteiger partial charge in [0.15, 0.2) is 9.84 Å². The number of aromatic nitrogens is 1. The fraction of sp³-hybridized carbons (Fsp3) is 0.259. The van der Waals surface area contributed by atoms with Gasteiger partial charge in [-0.15, -0.1) is 6.58 Å². The quantitative estimate of drug-likeness (QED) is 0.304. The number of hydrogen-bond acceptors (Lipinski definition) is 6. The Morgan fingerprint density at radius 3 is 2.13 bits per heavy atom. The molecule has 204 valence electrons. The predicted molar refractivity (Wildman–Crippen MR) is 144 cm³/mol. The van der Waals surface area contributed by atoms with Crippen LogP contribution in [0.3, 0.4) is 0 Å². The van der Waals surface area contributed by atoms with Crippen molar-refractivity contribution in [2.24, 2.45) is 0 Å². The smallest absolute Gasteiger partial charge is 0.328 e. The molecule has 0 aliphatic carbocycles. The highest BCUT2D eigenvalue weighted by Gasteiger charge is 2.18. The summed E-state index contributed by atoms with van der Waals surface area (Å²) in [6, 6.07) is 13.2. The standard InChI is InChI=1S/C17H23N3O2S.C6H5F.C4H4O4/c1-3-10-23(21,22)15-4-5-17-16(11-15)14(12-18-17)13-20-8-6-19(2)7-9-20;7-6-4-2-1-3-5-6;5-3(6)1-2-4(7)8/h3-5,11-12,18H,1,6-10,13H2,2H3;1-5H;1-2H,(H,5,6)(H,7,8)/b;;2-1-. The van der Waals surface area contributed by atoms with Crippen molar-refractivity contribution in [3.63, 3.8) is 0 Å². The summed E-state index contributed by atoms with van der Waals surface area (Å²) in [6.07, 6.45) is 4.54. The number of rotatable bonds is 7. The van der Waals surface area contributed by atoms with Gasteiger partial charge in [-0.3, -0.25) is 4.90 Å². The third-order valence-electron chi connectivity index (χ3n) is 5.53. The molecule has 3 N–H and O–H groups in total. The number of piperazine rings is 1. The summed E-state index contributed by atoms with van der Waals surface area (Å²) in [5.41, 5.74) is 2.13. The molecule has 0 bridgehead atoms. The minimum Gasteiger partial charge on any atom is -0.478 e. The van der Waals surface area contributed by atoms with E-state index in [1.165, 1.54) is 18.2 Å². The highest BCUT2D eigenvalue weighted by atomic mass is 32.2. The summed E-state index contributed by atoms with van der Waals surface area (Å²) in [5, 5.41) is 16.6. The molecule has 2 aromatic carbocycles. The zero-order valence-electron chi connectivity index (χ0n) is 21.1. The summed E-state index contributed by atoms with van der Waals surface area (Å²) >= 11 is 0. The van der Waals surface area contributed by atoms with Crippen LogP contribution in [0.4, 0.5) is 4.39 Å². The van der Waals surface area contributed by atoms with Crippen molar-refractivity contribution < 1.29 is 32.6 Å². The number of nitrogens with zero attached hydrogens (tertiary/aromatic N) is 2. The highest BCUT2D eigenvalue weighted by molar-refractivity contribution is 7.91. The van der Waals surface area contributed by atoms with Gasteiger partial charge in [-0.25, -0.2) is 22.4 Å². The second-order valence-corrected chi connectivity index (χ2v) is 10.5. The van der Waals surface area contributed by atoms with Gasteiger partial charge in [0, 0.05) is 62.0 Å². The number of nitrogens with one attached hydrogen (secondary N) is 1. The van der Waals surface area contributed by atoms with Gasteiger partial charge in [0.05, 0.1) is 10.6 Å². The molecular weight excluding hydrogens is 513 g/mol. The lowest BCUT2D eigenvalue weighted by atomic mass is 10.1. The third kappa shape index (κ3) is 10.3. The molecule has 2 heterocycles. The fourth-order valence-corrected chi connectivity index (χ4v) is 4.61. The van der Waals surface area contributed by atoms with Crippen molar-refractivity contribution in [3.05, 3.63) is 90.9 Å². The average Bonchev–Trinajstić information content (AvgIpc) is 3.27. The number of likely N-dealkylation sites (N-methyl/N-ethyl adjacent to an activating group) is 1. The lowest BCUT2D eigenvalue weighted by Gasteiger charge is -2.32. The van der Waals surface area contributed by atoms with Crippen molar-refractivity contribution in [2.75, 3.05) is 39.0 Å². The summed E-state index contributed by atoms with van der Waals surface area (Å²) in [6.45, 7) is 8.59. The van der Waals surface area contributed by atoms with E-state index in [1.54, 1.807) is 30.3 Å². The van der Waals surface area contributed by atoms with E-state index in [0.717, 1.165) is 49.2 Å². The minimum atomic E-state index is -3.29. The Bertz CT molecular complexity index is 1330. The maximum atomic E-state index is 12.2. The normalized spacial score (nSPS) is 14.3. The van der Waals surface area contributed by atoms with E-state index in [-0.39, 0.29) is 11.6 Å². The van der Waals surface area contributed by atoms with Gasteiger partial charge >= 0.3 is 11.9 Å². The number of carboxylic acid groups (broad SMARTS) is 2. The van der Waals surface area contributed by atoms with Crippen LogP contribution in [-0.4, -0.2) is 84.3 Å². The second-order valence-electron chi connectivity index (χ2n) is 8.48. The number of aliphatic carboxylic acids is 2. The van der Waals surface area contributed by atoms with E-state index >= 15 is 0 Å². The van der Waals surface area contributed by atoms with Crippen molar-refractivity contribution in [3.8, 4) is 0 Å². The monoisotopic (exact) mass is 545 g/mol. The van der Waals surface area contributed by atoms with E-state index < -0.39 is 21.8 Å². The summed E-state index contributed by atoms with van der Waals surface area (Å²) in [4.78, 5) is 27.5. The molecule has 0 saturated carbocycles.